The van der Waals surface area contributed by atoms with Crippen molar-refractivity contribution >= 4 is 17.5 Å². The third-order valence-electron chi connectivity index (χ3n) is 6.52. The fraction of sp³-hybridized carbons (Fsp3) is 0.286. The van der Waals surface area contributed by atoms with E-state index < -0.39 is 17.6 Å². The van der Waals surface area contributed by atoms with Crippen molar-refractivity contribution in [2.75, 3.05) is 31.5 Å². The van der Waals surface area contributed by atoms with E-state index in [1.807, 2.05) is 13.0 Å². The highest BCUT2D eigenvalue weighted by Gasteiger charge is 2.28. The van der Waals surface area contributed by atoms with Crippen molar-refractivity contribution in [3.63, 3.8) is 0 Å². The first-order valence-corrected chi connectivity index (χ1v) is 12.3. The highest BCUT2D eigenvalue weighted by atomic mass is 19.1. The topological polar surface area (TPSA) is 108 Å². The Labute approximate surface area is 220 Å². The van der Waals surface area contributed by atoms with Crippen molar-refractivity contribution in [2.45, 2.75) is 26.0 Å². The van der Waals surface area contributed by atoms with Crippen molar-refractivity contribution < 1.29 is 18.7 Å². The van der Waals surface area contributed by atoms with Gasteiger partial charge in [0.25, 0.3) is 11.5 Å². The second-order valence-corrected chi connectivity index (χ2v) is 9.23. The Morgan fingerprint density at radius 3 is 2.68 bits per heavy atom. The summed E-state index contributed by atoms with van der Waals surface area (Å²) in [4.78, 5) is 46.7. The van der Waals surface area contributed by atoms with Gasteiger partial charge in [0.05, 0.1) is 12.5 Å². The number of carbonyl (C=O) groups excluding carboxylic acids is 2. The van der Waals surface area contributed by atoms with Gasteiger partial charge in [0.2, 0.25) is 5.91 Å². The van der Waals surface area contributed by atoms with Gasteiger partial charge in [-0.1, -0.05) is 18.7 Å². The van der Waals surface area contributed by atoms with E-state index in [2.05, 4.69) is 26.8 Å². The minimum absolute atomic E-state index is 0.00509. The molecule has 9 nitrogen and oxygen atoms in total. The Balaban J connectivity index is 1.49. The number of rotatable bonds is 8. The van der Waals surface area contributed by atoms with Crippen molar-refractivity contribution in [1.82, 2.24) is 19.8 Å². The molecule has 0 aliphatic carbocycles. The van der Waals surface area contributed by atoms with Gasteiger partial charge in [-0.15, -0.1) is 0 Å². The lowest BCUT2D eigenvalue weighted by atomic mass is 10.0. The van der Waals surface area contributed by atoms with Gasteiger partial charge in [-0.25, -0.2) is 9.37 Å². The van der Waals surface area contributed by atoms with E-state index >= 15 is 0 Å². The average Bonchev–Trinajstić information content (AvgIpc) is 2.91. The maximum absolute atomic E-state index is 14.5. The zero-order valence-electron chi connectivity index (χ0n) is 21.3. The molecule has 1 aromatic heterocycles. The molecule has 10 heteroatoms. The van der Waals surface area contributed by atoms with Gasteiger partial charge in [-0.05, 0) is 61.4 Å². The highest BCUT2D eigenvalue weighted by Crippen LogP contribution is 2.26. The summed E-state index contributed by atoms with van der Waals surface area (Å²) in [6.45, 7) is 9.59. The minimum atomic E-state index is -0.493. The summed E-state index contributed by atoms with van der Waals surface area (Å²) in [5.74, 6) is -0.375. The number of piperazine rings is 1. The maximum atomic E-state index is 14.5. The van der Waals surface area contributed by atoms with Gasteiger partial charge in [0.15, 0.2) is 0 Å². The molecule has 2 heterocycles. The smallest absolute Gasteiger partial charge is 0.274 e. The lowest BCUT2D eigenvalue weighted by molar-refractivity contribution is -0.130. The number of aromatic amines is 1. The van der Waals surface area contributed by atoms with E-state index in [0.29, 0.717) is 48.6 Å². The number of benzene rings is 2. The van der Waals surface area contributed by atoms with Gasteiger partial charge in [0.1, 0.15) is 23.4 Å². The molecule has 0 spiro atoms. The molecule has 1 aliphatic rings. The third-order valence-corrected chi connectivity index (χ3v) is 6.52. The van der Waals surface area contributed by atoms with Crippen LogP contribution >= 0.6 is 0 Å². The zero-order chi connectivity index (χ0) is 27.2. The van der Waals surface area contributed by atoms with Crippen LogP contribution in [0.3, 0.4) is 0 Å². The summed E-state index contributed by atoms with van der Waals surface area (Å²) in [6.07, 6.45) is 3.34. The fourth-order valence-electron chi connectivity index (χ4n) is 4.37. The van der Waals surface area contributed by atoms with Gasteiger partial charge in [-0.3, -0.25) is 19.3 Å². The standard InChI is InChI=1S/C28H30FN5O4/c1-4-26(35)34-12-11-33(15-19(34)3)16-25(21-6-5-18(2)23(29)13-21)38-22-9-7-20(8-10-22)27(36)32-24-14-30-17-31-28(24)37/h4-10,13-14,17,19,25H,1,11-12,15-16H2,2-3H3,(H,32,36)(H,30,31,37)/t19-,25+/m1/s1. The number of hydrogen-bond donors (Lipinski definition) is 2. The summed E-state index contributed by atoms with van der Waals surface area (Å²) in [6, 6.07) is 11.5. The molecule has 38 heavy (non-hydrogen) atoms. The first-order chi connectivity index (χ1) is 18.2. The number of H-pyrrole nitrogens is 1. The monoisotopic (exact) mass is 519 g/mol. The lowest BCUT2D eigenvalue weighted by Crippen LogP contribution is -2.54. The number of ether oxygens (including phenoxy) is 1. The molecule has 2 amide bonds. The Morgan fingerprint density at radius 1 is 1.26 bits per heavy atom. The van der Waals surface area contributed by atoms with Crippen LogP contribution in [0, 0.1) is 12.7 Å². The highest BCUT2D eigenvalue weighted by molar-refractivity contribution is 6.04. The van der Waals surface area contributed by atoms with Crippen LogP contribution in [0.4, 0.5) is 10.1 Å². The molecule has 0 bridgehead atoms. The van der Waals surface area contributed by atoms with E-state index in [-0.39, 0.29) is 23.5 Å². The molecule has 2 N–H and O–H groups in total. The van der Waals surface area contributed by atoms with Crippen LogP contribution < -0.4 is 15.6 Å². The molecule has 2 atom stereocenters. The van der Waals surface area contributed by atoms with Crippen LogP contribution in [0.5, 0.6) is 5.75 Å². The summed E-state index contributed by atoms with van der Waals surface area (Å²) >= 11 is 0. The zero-order valence-corrected chi connectivity index (χ0v) is 21.3. The molecule has 1 fully saturated rings. The maximum Gasteiger partial charge on any atom is 0.274 e. The summed E-state index contributed by atoms with van der Waals surface area (Å²) in [7, 11) is 0. The molecule has 0 saturated carbocycles. The van der Waals surface area contributed by atoms with Crippen molar-refractivity contribution in [2.24, 2.45) is 0 Å². The Morgan fingerprint density at radius 2 is 2.03 bits per heavy atom. The Kier molecular flexibility index (Phi) is 8.32. The molecule has 4 rings (SSSR count). The SMILES string of the molecule is C=CC(=O)N1CCN(C[C@H](Oc2ccc(C(=O)Nc3cnc[nH]c3=O)cc2)c2ccc(C)c(F)c2)C[C@H]1C. The second kappa shape index (κ2) is 11.8. The molecule has 1 saturated heterocycles. The first kappa shape index (κ1) is 26.7. The molecular weight excluding hydrogens is 489 g/mol. The van der Waals surface area contributed by atoms with Crippen molar-refractivity contribution in [3.05, 3.63) is 101 Å². The Bertz CT molecular complexity index is 1370. The third kappa shape index (κ3) is 6.33. The number of carbonyl (C=O) groups is 2. The first-order valence-electron chi connectivity index (χ1n) is 12.3. The fourth-order valence-corrected chi connectivity index (χ4v) is 4.37. The number of hydrogen-bond acceptors (Lipinski definition) is 6. The average molecular weight is 520 g/mol. The van der Waals surface area contributed by atoms with Crippen LogP contribution in [0.25, 0.3) is 0 Å². The molecule has 2 aromatic carbocycles. The minimum Gasteiger partial charge on any atom is -0.484 e. The molecule has 1 aliphatic heterocycles. The van der Waals surface area contributed by atoms with Crippen LogP contribution in [0.2, 0.25) is 0 Å². The van der Waals surface area contributed by atoms with Crippen LogP contribution in [-0.4, -0.2) is 63.8 Å². The summed E-state index contributed by atoms with van der Waals surface area (Å²) in [5.41, 5.74) is 1.15. The molecule has 3 aromatic rings. The predicted molar refractivity (Wildman–Crippen MR) is 142 cm³/mol. The van der Waals surface area contributed by atoms with E-state index in [1.165, 1.54) is 24.7 Å². The number of nitrogens with one attached hydrogen (secondary N) is 2. The number of aryl methyl sites for hydroxylation is 1. The molecular formula is C28H30FN5O4. The number of halogens is 1. The summed E-state index contributed by atoms with van der Waals surface area (Å²) < 4.78 is 20.8. The van der Waals surface area contributed by atoms with Crippen LogP contribution in [-0.2, 0) is 4.79 Å². The van der Waals surface area contributed by atoms with Crippen LogP contribution in [0.15, 0.2) is 72.4 Å². The summed E-state index contributed by atoms with van der Waals surface area (Å²) in [5, 5.41) is 2.53. The quantitative estimate of drug-likeness (QED) is 0.442. The normalized spacial score (nSPS) is 16.5. The Hall–Kier alpha value is -4.31. The van der Waals surface area contributed by atoms with E-state index in [1.54, 1.807) is 42.2 Å². The van der Waals surface area contributed by atoms with Gasteiger partial charge in [-0.2, -0.15) is 0 Å². The molecule has 0 radical (unpaired) electrons. The van der Waals surface area contributed by atoms with E-state index in [0.717, 1.165) is 0 Å². The lowest BCUT2D eigenvalue weighted by Gasteiger charge is -2.40. The van der Waals surface area contributed by atoms with Crippen LogP contribution in [0.1, 0.15) is 34.5 Å². The molecule has 0 unspecified atom stereocenters. The molecule has 198 valence electrons. The van der Waals surface area contributed by atoms with Gasteiger partial charge < -0.3 is 19.9 Å². The van der Waals surface area contributed by atoms with Crippen molar-refractivity contribution in [3.8, 4) is 5.75 Å². The number of anilines is 1. The van der Waals surface area contributed by atoms with Gasteiger partial charge in [0, 0.05) is 37.8 Å². The largest absolute Gasteiger partial charge is 0.484 e. The van der Waals surface area contributed by atoms with Crippen molar-refractivity contribution in [1.29, 1.82) is 0 Å². The number of aromatic nitrogens is 2. The van der Waals surface area contributed by atoms with E-state index in [4.69, 9.17) is 4.74 Å². The van der Waals surface area contributed by atoms with E-state index in [9.17, 15) is 18.8 Å². The number of nitrogens with zero attached hydrogens (tertiary/aromatic N) is 3. The van der Waals surface area contributed by atoms with Gasteiger partial charge >= 0.3 is 0 Å². The predicted octanol–water partition coefficient (Wildman–Crippen LogP) is 3.31. The number of amides is 2. The second-order valence-electron chi connectivity index (χ2n) is 9.23.